The standard InChI is InChI=1S/C21H24FN3O3.ClH/c22-15-3-1-13(2-4-15)9-14-10-17(24-18-11-23-7-5-16(14)18)21(27)25-19-12-28-8-6-20(19)26;/h1-4,10,19-20,23,26H,5-9,11-12H2,(H,25,27);1H. The van der Waals surface area contributed by atoms with E-state index in [2.05, 4.69) is 15.6 Å². The van der Waals surface area contributed by atoms with Crippen LogP contribution in [0.5, 0.6) is 0 Å². The largest absolute Gasteiger partial charge is 0.391 e. The van der Waals surface area contributed by atoms with Crippen molar-refractivity contribution in [2.75, 3.05) is 19.8 Å². The Morgan fingerprint density at radius 1 is 1.34 bits per heavy atom. The Hall–Kier alpha value is -2.06. The summed E-state index contributed by atoms with van der Waals surface area (Å²) in [5, 5.41) is 16.2. The van der Waals surface area contributed by atoms with Crippen molar-refractivity contribution in [3.63, 3.8) is 0 Å². The Bertz CT molecular complexity index is 863. The van der Waals surface area contributed by atoms with Crippen LogP contribution in [0.2, 0.25) is 0 Å². The van der Waals surface area contributed by atoms with Crippen molar-refractivity contribution in [2.24, 2.45) is 0 Å². The van der Waals surface area contributed by atoms with Gasteiger partial charge >= 0.3 is 0 Å². The third-order valence-corrected chi connectivity index (χ3v) is 5.32. The summed E-state index contributed by atoms with van der Waals surface area (Å²) in [5.41, 5.74) is 4.37. The molecule has 0 aliphatic carbocycles. The molecule has 2 aromatic rings. The molecule has 4 rings (SSSR count). The third-order valence-electron chi connectivity index (χ3n) is 5.32. The number of amides is 1. The van der Waals surface area contributed by atoms with Gasteiger partial charge < -0.3 is 20.5 Å². The van der Waals surface area contributed by atoms with Gasteiger partial charge in [0, 0.05) is 13.2 Å². The van der Waals surface area contributed by atoms with Gasteiger partial charge in [0.15, 0.2) is 0 Å². The summed E-state index contributed by atoms with van der Waals surface area (Å²) in [7, 11) is 0. The average Bonchev–Trinajstić information content (AvgIpc) is 2.71. The zero-order chi connectivity index (χ0) is 19.5. The number of aromatic nitrogens is 1. The highest BCUT2D eigenvalue weighted by molar-refractivity contribution is 5.93. The first-order valence-electron chi connectivity index (χ1n) is 9.63. The minimum atomic E-state index is -0.615. The summed E-state index contributed by atoms with van der Waals surface area (Å²) in [6, 6.07) is 7.80. The number of carbonyl (C=O) groups is 1. The Morgan fingerprint density at radius 2 is 2.14 bits per heavy atom. The number of benzene rings is 1. The predicted molar refractivity (Wildman–Crippen MR) is 109 cm³/mol. The number of rotatable bonds is 4. The number of aliphatic hydroxyl groups is 1. The van der Waals surface area contributed by atoms with E-state index < -0.39 is 12.1 Å². The minimum Gasteiger partial charge on any atom is -0.391 e. The average molecular weight is 422 g/mol. The van der Waals surface area contributed by atoms with Gasteiger partial charge in [-0.05, 0) is 60.7 Å². The molecule has 2 aliphatic heterocycles. The SMILES string of the molecule is Cl.O=C(NC1COCCC1O)c1cc(Cc2ccc(F)cc2)c2c(n1)CNCC2. The fourth-order valence-electron chi connectivity index (χ4n) is 3.76. The molecule has 1 aromatic heterocycles. The summed E-state index contributed by atoms with van der Waals surface area (Å²) in [6.45, 7) is 2.27. The number of nitrogens with one attached hydrogen (secondary N) is 2. The number of halogens is 2. The molecule has 2 unspecified atom stereocenters. The first-order chi connectivity index (χ1) is 13.6. The summed E-state index contributed by atoms with van der Waals surface area (Å²) >= 11 is 0. The van der Waals surface area contributed by atoms with Gasteiger partial charge in [-0.2, -0.15) is 0 Å². The van der Waals surface area contributed by atoms with Crippen LogP contribution in [-0.2, 0) is 24.1 Å². The second kappa shape index (κ2) is 9.63. The number of hydrogen-bond donors (Lipinski definition) is 3. The number of nitrogens with zero attached hydrogens (tertiary/aromatic N) is 1. The number of hydrogen-bond acceptors (Lipinski definition) is 5. The van der Waals surface area contributed by atoms with Crippen molar-refractivity contribution in [2.45, 2.75) is 38.0 Å². The number of aliphatic hydroxyl groups excluding tert-OH is 1. The van der Waals surface area contributed by atoms with Gasteiger partial charge in [0.25, 0.3) is 5.91 Å². The van der Waals surface area contributed by atoms with Crippen LogP contribution in [0, 0.1) is 5.82 Å². The van der Waals surface area contributed by atoms with Crippen LogP contribution in [0.1, 0.15) is 39.3 Å². The van der Waals surface area contributed by atoms with Crippen LogP contribution >= 0.6 is 12.4 Å². The fraction of sp³-hybridized carbons (Fsp3) is 0.429. The summed E-state index contributed by atoms with van der Waals surface area (Å²) in [4.78, 5) is 17.3. The van der Waals surface area contributed by atoms with E-state index >= 15 is 0 Å². The van der Waals surface area contributed by atoms with Crippen molar-refractivity contribution < 1.29 is 19.0 Å². The maximum atomic E-state index is 13.2. The number of ether oxygens (including phenoxy) is 1. The molecule has 0 spiro atoms. The Morgan fingerprint density at radius 3 is 2.90 bits per heavy atom. The zero-order valence-corrected chi connectivity index (χ0v) is 16.8. The second-order valence-electron chi connectivity index (χ2n) is 7.33. The summed E-state index contributed by atoms with van der Waals surface area (Å²) < 4.78 is 18.6. The lowest BCUT2D eigenvalue weighted by molar-refractivity contribution is -0.0140. The summed E-state index contributed by atoms with van der Waals surface area (Å²) in [6.07, 6.45) is 1.34. The second-order valence-corrected chi connectivity index (χ2v) is 7.33. The van der Waals surface area contributed by atoms with E-state index in [1.807, 2.05) is 6.07 Å². The van der Waals surface area contributed by atoms with Gasteiger partial charge in [0.2, 0.25) is 0 Å². The van der Waals surface area contributed by atoms with E-state index in [1.54, 1.807) is 12.1 Å². The molecule has 29 heavy (non-hydrogen) atoms. The fourth-order valence-corrected chi connectivity index (χ4v) is 3.76. The quantitative estimate of drug-likeness (QED) is 0.700. The smallest absolute Gasteiger partial charge is 0.270 e. The van der Waals surface area contributed by atoms with E-state index in [1.165, 1.54) is 12.1 Å². The van der Waals surface area contributed by atoms with Crippen LogP contribution in [-0.4, -0.2) is 47.9 Å². The first kappa shape index (κ1) is 21.6. The predicted octanol–water partition coefficient (Wildman–Crippen LogP) is 1.76. The van der Waals surface area contributed by atoms with Crippen LogP contribution in [0.3, 0.4) is 0 Å². The zero-order valence-electron chi connectivity index (χ0n) is 16.0. The van der Waals surface area contributed by atoms with Crippen molar-refractivity contribution in [3.05, 3.63) is 64.2 Å². The number of carbonyl (C=O) groups excluding carboxylic acids is 1. The molecule has 1 amide bonds. The molecule has 2 atom stereocenters. The lowest BCUT2D eigenvalue weighted by Crippen LogP contribution is -2.49. The van der Waals surface area contributed by atoms with Crippen LogP contribution < -0.4 is 10.6 Å². The molecule has 0 radical (unpaired) electrons. The van der Waals surface area contributed by atoms with Crippen molar-refractivity contribution >= 4 is 18.3 Å². The normalized spacial score (nSPS) is 21.0. The van der Waals surface area contributed by atoms with E-state index in [0.717, 1.165) is 35.3 Å². The van der Waals surface area contributed by atoms with E-state index in [4.69, 9.17) is 4.74 Å². The molecular weight excluding hydrogens is 397 g/mol. The highest BCUT2D eigenvalue weighted by atomic mass is 35.5. The monoisotopic (exact) mass is 421 g/mol. The van der Waals surface area contributed by atoms with Crippen molar-refractivity contribution in [1.29, 1.82) is 0 Å². The highest BCUT2D eigenvalue weighted by Gasteiger charge is 2.27. The first-order valence-corrected chi connectivity index (χ1v) is 9.63. The molecule has 1 aromatic carbocycles. The van der Waals surface area contributed by atoms with Gasteiger partial charge in [-0.15, -0.1) is 12.4 Å². The molecule has 8 heteroatoms. The molecular formula is C21H25ClFN3O3. The lowest BCUT2D eigenvalue weighted by atomic mass is 9.94. The molecule has 1 saturated heterocycles. The summed E-state index contributed by atoms with van der Waals surface area (Å²) in [5.74, 6) is -0.582. The molecule has 3 heterocycles. The van der Waals surface area contributed by atoms with Crippen LogP contribution in [0.4, 0.5) is 4.39 Å². The van der Waals surface area contributed by atoms with Crippen LogP contribution in [0.15, 0.2) is 30.3 Å². The van der Waals surface area contributed by atoms with Crippen molar-refractivity contribution in [1.82, 2.24) is 15.6 Å². The molecule has 0 bridgehead atoms. The van der Waals surface area contributed by atoms with Gasteiger partial charge in [-0.1, -0.05) is 12.1 Å². The molecule has 2 aliphatic rings. The van der Waals surface area contributed by atoms with E-state index in [-0.39, 0.29) is 24.1 Å². The topological polar surface area (TPSA) is 83.5 Å². The molecule has 0 saturated carbocycles. The lowest BCUT2D eigenvalue weighted by Gasteiger charge is -2.28. The number of pyridine rings is 1. The van der Waals surface area contributed by atoms with Gasteiger partial charge in [-0.3, -0.25) is 4.79 Å². The van der Waals surface area contributed by atoms with Gasteiger partial charge in [-0.25, -0.2) is 9.37 Å². The molecule has 3 N–H and O–H groups in total. The Labute approximate surface area is 175 Å². The van der Waals surface area contributed by atoms with E-state index in [9.17, 15) is 14.3 Å². The minimum absolute atomic E-state index is 0. The molecule has 1 fully saturated rings. The van der Waals surface area contributed by atoms with Gasteiger partial charge in [0.05, 0.1) is 24.4 Å². The number of fused-ring (bicyclic) bond motifs is 1. The highest BCUT2D eigenvalue weighted by Crippen LogP contribution is 2.22. The maximum absolute atomic E-state index is 13.2. The Balaban J connectivity index is 0.00000240. The van der Waals surface area contributed by atoms with E-state index in [0.29, 0.717) is 38.3 Å². The third kappa shape index (κ3) is 5.11. The van der Waals surface area contributed by atoms with Crippen molar-refractivity contribution in [3.8, 4) is 0 Å². The molecule has 156 valence electrons. The Kier molecular flexibility index (Phi) is 7.18. The maximum Gasteiger partial charge on any atom is 0.270 e. The van der Waals surface area contributed by atoms with Crippen LogP contribution in [0.25, 0.3) is 0 Å². The van der Waals surface area contributed by atoms with Gasteiger partial charge in [0.1, 0.15) is 11.5 Å². The molecule has 6 nitrogen and oxygen atoms in total.